The Morgan fingerprint density at radius 3 is 2.89 bits per heavy atom. The molecule has 0 heterocycles. The number of nitrogens with one attached hydrogen (secondary N) is 2. The number of amides is 2. The summed E-state index contributed by atoms with van der Waals surface area (Å²) in [6.07, 6.45) is 0.866. The molecule has 18 heavy (non-hydrogen) atoms. The Kier molecular flexibility index (Phi) is 6.46. The molecule has 6 heteroatoms. The van der Waals surface area contributed by atoms with E-state index < -0.39 is 0 Å². The number of urea groups is 1. The Balaban J connectivity index is 2.40. The van der Waals surface area contributed by atoms with Gasteiger partial charge in [0.25, 0.3) is 0 Å². The summed E-state index contributed by atoms with van der Waals surface area (Å²) in [5.74, 6) is 0. The van der Waals surface area contributed by atoms with Gasteiger partial charge in [0.05, 0.1) is 11.8 Å². The maximum Gasteiger partial charge on any atom is 0.319 e. The number of halogens is 2. The van der Waals surface area contributed by atoms with Crippen LogP contribution in [0.3, 0.4) is 0 Å². The molecule has 4 nitrogen and oxygen atoms in total. The number of benzene rings is 1. The fraction of sp³-hybridized carbons (Fsp3) is 0.417. The Labute approximate surface area is 120 Å². The van der Waals surface area contributed by atoms with Crippen molar-refractivity contribution in [3.05, 3.63) is 27.7 Å². The van der Waals surface area contributed by atoms with Crippen LogP contribution in [0.25, 0.3) is 0 Å². The van der Waals surface area contributed by atoms with E-state index in [4.69, 9.17) is 11.6 Å². The summed E-state index contributed by atoms with van der Waals surface area (Å²) in [6, 6.07) is 4.81. The fourth-order valence-corrected chi connectivity index (χ4v) is 2.10. The van der Waals surface area contributed by atoms with E-state index in [0.717, 1.165) is 4.47 Å². The topological polar surface area (TPSA) is 61.4 Å². The van der Waals surface area contributed by atoms with Gasteiger partial charge >= 0.3 is 6.03 Å². The van der Waals surface area contributed by atoms with Gasteiger partial charge in [-0.2, -0.15) is 0 Å². The molecule has 3 N–H and O–H groups in total. The van der Waals surface area contributed by atoms with Gasteiger partial charge in [0.15, 0.2) is 0 Å². The molecule has 2 amide bonds. The van der Waals surface area contributed by atoms with Gasteiger partial charge in [0.2, 0.25) is 0 Å². The molecule has 0 aliphatic rings. The van der Waals surface area contributed by atoms with E-state index in [-0.39, 0.29) is 12.1 Å². The maximum absolute atomic E-state index is 11.6. The maximum atomic E-state index is 11.6. The van der Waals surface area contributed by atoms with Gasteiger partial charge in [-0.1, -0.05) is 18.5 Å². The predicted molar refractivity (Wildman–Crippen MR) is 77.1 cm³/mol. The number of aliphatic hydroxyl groups is 1. The first kappa shape index (κ1) is 15.3. The van der Waals surface area contributed by atoms with Gasteiger partial charge in [0.1, 0.15) is 0 Å². The Morgan fingerprint density at radius 2 is 2.28 bits per heavy atom. The molecule has 0 aliphatic carbocycles. The van der Waals surface area contributed by atoms with Crippen molar-refractivity contribution in [1.82, 2.24) is 5.32 Å². The minimum atomic E-state index is -0.368. The van der Waals surface area contributed by atoms with Crippen molar-refractivity contribution in [2.75, 3.05) is 11.9 Å². The molecule has 1 rings (SSSR count). The van der Waals surface area contributed by atoms with Crippen LogP contribution >= 0.6 is 27.5 Å². The SMILES string of the molecule is CCC(O)CCNC(=O)Nc1ccc(Cl)cc1Br. The summed E-state index contributed by atoms with van der Waals surface area (Å²) >= 11 is 9.11. The minimum absolute atomic E-state index is 0.304. The lowest BCUT2D eigenvalue weighted by Crippen LogP contribution is -2.31. The predicted octanol–water partition coefficient (Wildman–Crippen LogP) is 3.39. The second kappa shape index (κ2) is 7.61. The zero-order valence-corrected chi connectivity index (χ0v) is 12.4. The number of carbonyl (C=O) groups is 1. The normalized spacial score (nSPS) is 12.0. The molecule has 0 spiro atoms. The van der Waals surface area contributed by atoms with Crippen LogP contribution in [-0.2, 0) is 0 Å². The van der Waals surface area contributed by atoms with Gasteiger partial charge in [-0.05, 0) is 47.0 Å². The second-order valence-corrected chi connectivity index (χ2v) is 5.15. The van der Waals surface area contributed by atoms with E-state index in [9.17, 15) is 9.90 Å². The summed E-state index contributed by atoms with van der Waals surface area (Å²) in [4.78, 5) is 11.6. The lowest BCUT2D eigenvalue weighted by molar-refractivity contribution is 0.160. The van der Waals surface area contributed by atoms with Gasteiger partial charge in [-0.25, -0.2) is 4.79 Å². The van der Waals surface area contributed by atoms with E-state index in [1.165, 1.54) is 0 Å². The third kappa shape index (κ3) is 5.25. The summed E-state index contributed by atoms with van der Waals surface area (Å²) in [5, 5.41) is 15.3. The molecular formula is C12H16BrClN2O2. The molecule has 100 valence electrons. The quantitative estimate of drug-likeness (QED) is 0.772. The van der Waals surface area contributed by atoms with E-state index in [1.54, 1.807) is 18.2 Å². The van der Waals surface area contributed by atoms with Crippen molar-refractivity contribution in [1.29, 1.82) is 0 Å². The molecule has 0 aromatic heterocycles. The molecule has 1 atom stereocenters. The third-order valence-corrected chi connectivity index (χ3v) is 3.30. The molecule has 0 saturated heterocycles. The molecule has 0 bridgehead atoms. The Bertz CT molecular complexity index is 415. The van der Waals surface area contributed by atoms with Crippen LogP contribution in [0.2, 0.25) is 5.02 Å². The fourth-order valence-electron chi connectivity index (χ4n) is 1.31. The first-order chi connectivity index (χ1) is 8.52. The standard InChI is InChI=1S/C12H16BrClN2O2/c1-2-9(17)5-6-15-12(18)16-11-4-3-8(14)7-10(11)13/h3-4,7,9,17H,2,5-6H2,1H3,(H2,15,16,18). The van der Waals surface area contributed by atoms with Crippen LogP contribution in [0, 0.1) is 0 Å². The van der Waals surface area contributed by atoms with Crippen LogP contribution in [0.5, 0.6) is 0 Å². The van der Waals surface area contributed by atoms with Gasteiger partial charge in [-0.15, -0.1) is 0 Å². The van der Waals surface area contributed by atoms with E-state index in [2.05, 4.69) is 26.6 Å². The number of hydrogen-bond acceptors (Lipinski definition) is 2. The average molecular weight is 336 g/mol. The highest BCUT2D eigenvalue weighted by molar-refractivity contribution is 9.10. The Morgan fingerprint density at radius 1 is 1.56 bits per heavy atom. The van der Waals surface area contributed by atoms with Gasteiger partial charge in [0, 0.05) is 16.0 Å². The molecule has 0 aliphatic heterocycles. The molecule has 0 fully saturated rings. The lowest BCUT2D eigenvalue weighted by Gasteiger charge is -2.11. The van der Waals surface area contributed by atoms with E-state index in [0.29, 0.717) is 30.1 Å². The number of hydrogen-bond donors (Lipinski definition) is 3. The summed E-state index contributed by atoms with van der Waals surface area (Å²) < 4.78 is 0.721. The van der Waals surface area contributed by atoms with Crippen LogP contribution in [0.1, 0.15) is 19.8 Å². The van der Waals surface area contributed by atoms with E-state index in [1.807, 2.05) is 6.92 Å². The van der Waals surface area contributed by atoms with Crippen molar-refractivity contribution >= 4 is 39.2 Å². The van der Waals surface area contributed by atoms with Crippen LogP contribution in [0.15, 0.2) is 22.7 Å². The lowest BCUT2D eigenvalue weighted by atomic mass is 10.2. The van der Waals surface area contributed by atoms with Crippen LogP contribution in [-0.4, -0.2) is 23.8 Å². The largest absolute Gasteiger partial charge is 0.393 e. The van der Waals surface area contributed by atoms with Gasteiger partial charge < -0.3 is 15.7 Å². The van der Waals surface area contributed by atoms with Crippen molar-refractivity contribution in [2.24, 2.45) is 0 Å². The summed E-state index contributed by atoms with van der Waals surface area (Å²) in [6.45, 7) is 2.33. The zero-order chi connectivity index (χ0) is 13.5. The average Bonchev–Trinajstić information content (AvgIpc) is 2.32. The van der Waals surface area contributed by atoms with E-state index >= 15 is 0 Å². The molecule has 0 saturated carbocycles. The van der Waals surface area contributed by atoms with Gasteiger partial charge in [-0.3, -0.25) is 0 Å². The van der Waals surface area contributed by atoms with Crippen molar-refractivity contribution in [2.45, 2.75) is 25.9 Å². The van der Waals surface area contributed by atoms with Crippen LogP contribution in [0.4, 0.5) is 10.5 Å². The first-order valence-electron chi connectivity index (χ1n) is 5.71. The highest BCUT2D eigenvalue weighted by Crippen LogP contribution is 2.25. The Hall–Kier alpha value is -0.780. The van der Waals surface area contributed by atoms with Crippen molar-refractivity contribution in [3.63, 3.8) is 0 Å². The first-order valence-corrected chi connectivity index (χ1v) is 6.88. The molecule has 1 aromatic carbocycles. The highest BCUT2D eigenvalue weighted by atomic mass is 79.9. The molecule has 0 radical (unpaired) electrons. The van der Waals surface area contributed by atoms with Crippen molar-refractivity contribution in [3.8, 4) is 0 Å². The third-order valence-electron chi connectivity index (χ3n) is 2.41. The summed E-state index contributed by atoms with van der Waals surface area (Å²) in [5.41, 5.74) is 0.646. The molecule has 1 aromatic rings. The van der Waals surface area contributed by atoms with Crippen molar-refractivity contribution < 1.29 is 9.90 Å². The molecule has 1 unspecified atom stereocenters. The smallest absolute Gasteiger partial charge is 0.319 e. The summed E-state index contributed by atoms with van der Waals surface area (Å²) in [7, 11) is 0. The number of rotatable bonds is 5. The highest BCUT2D eigenvalue weighted by Gasteiger charge is 2.06. The van der Waals surface area contributed by atoms with Crippen LogP contribution < -0.4 is 10.6 Å². The molecular weight excluding hydrogens is 320 g/mol. The minimum Gasteiger partial charge on any atom is -0.393 e. The zero-order valence-electron chi connectivity index (χ0n) is 10.0. The number of carbonyl (C=O) groups excluding carboxylic acids is 1. The second-order valence-electron chi connectivity index (χ2n) is 3.86. The number of aliphatic hydroxyl groups excluding tert-OH is 1. The number of anilines is 1. The monoisotopic (exact) mass is 334 g/mol.